The van der Waals surface area contributed by atoms with Crippen LogP contribution in [0.4, 0.5) is 0 Å². The lowest BCUT2D eigenvalue weighted by Gasteiger charge is -2.14. The Morgan fingerprint density at radius 1 is 0.194 bits per heavy atom. The molecule has 0 spiro atoms. The van der Waals surface area contributed by atoms with E-state index in [2.05, 4.69) is 60.4 Å². The van der Waals surface area contributed by atoms with Gasteiger partial charge < -0.3 is 0 Å². The van der Waals surface area contributed by atoms with Gasteiger partial charge in [0.2, 0.25) is 0 Å². The van der Waals surface area contributed by atoms with Gasteiger partial charge in [0.05, 0.1) is 0 Å². The molecule has 0 bridgehead atoms. The Bertz CT molecular complexity index is 2940. The van der Waals surface area contributed by atoms with Gasteiger partial charge in [0.25, 0.3) is 0 Å². The van der Waals surface area contributed by atoms with Crippen LogP contribution in [0.2, 0.25) is 0 Å². The van der Waals surface area contributed by atoms with Gasteiger partial charge in [-0.1, -0.05) is 218 Å². The van der Waals surface area contributed by atoms with E-state index >= 15 is 0 Å². The topological polar surface area (TPSA) is 34.1 Å². The zero-order valence-electron chi connectivity index (χ0n) is 33.8. The minimum Gasteiger partial charge on any atom is -0.289 e. The lowest BCUT2D eigenvalue weighted by Crippen LogP contribution is -2.01. The van der Waals surface area contributed by atoms with Crippen LogP contribution in [0.5, 0.6) is 0 Å². The molecule has 8 aromatic carbocycles. The van der Waals surface area contributed by atoms with Gasteiger partial charge in [0.15, 0.2) is 11.6 Å². The predicted octanol–water partition coefficient (Wildman–Crippen LogP) is 13.3. The summed E-state index contributed by atoms with van der Waals surface area (Å²) < 4.78 is 0. The average Bonchev–Trinajstić information content (AvgIpc) is 3.83. The predicted molar refractivity (Wildman–Crippen MR) is 255 cm³/mol. The Hall–Kier alpha value is -8.38. The summed E-state index contributed by atoms with van der Waals surface area (Å²) in [4.78, 5) is 29.3. The second-order valence-corrected chi connectivity index (χ2v) is 15.3. The SMILES string of the molecule is O=C1C(c2ccccc2)=C(c2ccccc2)C(c2ccc(C#Cc3ccc(C4=C(c5ccccc5)C(=O)C(c5ccccc5)=C4c4ccccc4)cc3)cc2)=C1c1ccccc1. The van der Waals surface area contributed by atoms with Crippen molar-refractivity contribution in [1.29, 1.82) is 0 Å². The molecule has 0 N–H and O–H groups in total. The Labute approximate surface area is 362 Å². The van der Waals surface area contributed by atoms with E-state index in [1.807, 2.05) is 182 Å². The van der Waals surface area contributed by atoms with Gasteiger partial charge in [-0.2, -0.15) is 0 Å². The van der Waals surface area contributed by atoms with Crippen LogP contribution in [0.15, 0.2) is 231 Å². The fourth-order valence-corrected chi connectivity index (χ4v) is 8.67. The van der Waals surface area contributed by atoms with Gasteiger partial charge in [-0.05, 0) is 68.8 Å². The monoisotopic (exact) mass is 790 g/mol. The van der Waals surface area contributed by atoms with Gasteiger partial charge in [-0.25, -0.2) is 0 Å². The van der Waals surface area contributed by atoms with Crippen LogP contribution < -0.4 is 0 Å². The van der Waals surface area contributed by atoms with Crippen LogP contribution in [0, 0.1) is 11.8 Å². The Morgan fingerprint density at radius 3 is 0.581 bits per heavy atom. The molecule has 0 unspecified atom stereocenters. The zero-order chi connectivity index (χ0) is 41.8. The van der Waals surface area contributed by atoms with Crippen molar-refractivity contribution in [3.63, 3.8) is 0 Å². The maximum Gasteiger partial charge on any atom is 0.195 e. The Kier molecular flexibility index (Phi) is 10.2. The highest BCUT2D eigenvalue weighted by molar-refractivity contribution is 6.60. The van der Waals surface area contributed by atoms with Gasteiger partial charge in [0.1, 0.15) is 0 Å². The van der Waals surface area contributed by atoms with Crippen molar-refractivity contribution in [3.05, 3.63) is 286 Å². The van der Waals surface area contributed by atoms with Crippen molar-refractivity contribution >= 4 is 56.2 Å². The second kappa shape index (κ2) is 16.7. The number of ketones is 2. The minimum atomic E-state index is 0.0138. The molecule has 2 nitrogen and oxygen atoms in total. The molecule has 0 aromatic heterocycles. The Morgan fingerprint density at radius 2 is 0.371 bits per heavy atom. The van der Waals surface area contributed by atoms with E-state index in [0.29, 0.717) is 22.3 Å². The summed E-state index contributed by atoms with van der Waals surface area (Å²) in [5.74, 6) is 6.79. The fourth-order valence-electron chi connectivity index (χ4n) is 8.67. The standard InChI is InChI=1S/C60H38O2/c61-59-55(45-23-11-3-12-24-45)51(43-19-7-1-8-20-43)53(57(59)47-27-15-5-16-28-47)49-37-33-41(34-38-49)31-32-42-35-39-50(40-36-42)54-52(44-21-9-2-10-22-44)56(46-25-13-4-14-26-46)60(62)58(54)48-29-17-6-18-30-48/h1-30,33-40H. The molecule has 8 aromatic rings. The van der Waals surface area contributed by atoms with E-state index in [4.69, 9.17) is 0 Å². The second-order valence-electron chi connectivity index (χ2n) is 15.3. The molecule has 62 heavy (non-hydrogen) atoms. The van der Waals surface area contributed by atoms with Gasteiger partial charge in [-0.15, -0.1) is 0 Å². The van der Waals surface area contributed by atoms with Gasteiger partial charge in [0, 0.05) is 55.7 Å². The van der Waals surface area contributed by atoms with Crippen LogP contribution in [-0.2, 0) is 9.59 Å². The van der Waals surface area contributed by atoms with Crippen molar-refractivity contribution in [3.8, 4) is 11.8 Å². The summed E-state index contributed by atoms with van der Waals surface area (Å²) in [5, 5.41) is 0. The maximum absolute atomic E-state index is 14.6. The molecule has 0 amide bonds. The first kappa shape index (κ1) is 37.9. The number of hydrogen-bond donors (Lipinski definition) is 0. The van der Waals surface area contributed by atoms with Crippen LogP contribution in [-0.4, -0.2) is 11.6 Å². The number of carbonyl (C=O) groups is 2. The first-order chi connectivity index (χ1) is 30.6. The number of allylic oxidation sites excluding steroid dienone is 8. The van der Waals surface area contributed by atoms with Crippen LogP contribution in [0.1, 0.15) is 55.6 Å². The quantitative estimate of drug-likeness (QED) is 0.144. The normalized spacial score (nSPS) is 13.8. The average molecular weight is 791 g/mol. The lowest BCUT2D eigenvalue weighted by molar-refractivity contribution is -0.109. The molecule has 0 aliphatic heterocycles. The molecule has 290 valence electrons. The number of carbonyl (C=O) groups excluding carboxylic acids is 2. The molecular formula is C60H38O2. The molecule has 2 aliphatic rings. The van der Waals surface area contributed by atoms with Crippen molar-refractivity contribution in [2.75, 3.05) is 0 Å². The molecular weight excluding hydrogens is 753 g/mol. The summed E-state index contributed by atoms with van der Waals surface area (Å²) in [7, 11) is 0. The molecule has 0 radical (unpaired) electrons. The highest BCUT2D eigenvalue weighted by Crippen LogP contribution is 2.51. The van der Waals surface area contributed by atoms with Crippen molar-refractivity contribution in [1.82, 2.24) is 0 Å². The number of benzene rings is 8. The molecule has 0 atom stereocenters. The lowest BCUT2D eigenvalue weighted by atomic mass is 9.89. The van der Waals surface area contributed by atoms with E-state index in [0.717, 1.165) is 77.9 Å². The summed E-state index contributed by atoms with van der Waals surface area (Å²) >= 11 is 0. The fraction of sp³-hybridized carbons (Fsp3) is 0. The van der Waals surface area contributed by atoms with Crippen molar-refractivity contribution < 1.29 is 9.59 Å². The van der Waals surface area contributed by atoms with Crippen LogP contribution >= 0.6 is 0 Å². The largest absolute Gasteiger partial charge is 0.289 e. The highest BCUT2D eigenvalue weighted by Gasteiger charge is 2.36. The van der Waals surface area contributed by atoms with Crippen LogP contribution in [0.3, 0.4) is 0 Å². The Balaban J connectivity index is 1.03. The van der Waals surface area contributed by atoms with Crippen molar-refractivity contribution in [2.24, 2.45) is 0 Å². The summed E-state index contributed by atoms with van der Waals surface area (Å²) in [6, 6.07) is 76.7. The third-order valence-corrected chi connectivity index (χ3v) is 11.5. The molecule has 0 saturated carbocycles. The van der Waals surface area contributed by atoms with E-state index in [1.165, 1.54) is 0 Å². The summed E-state index contributed by atoms with van der Waals surface area (Å²) in [6.45, 7) is 0. The van der Waals surface area contributed by atoms with E-state index in [-0.39, 0.29) is 11.6 Å². The van der Waals surface area contributed by atoms with E-state index < -0.39 is 0 Å². The van der Waals surface area contributed by atoms with Gasteiger partial charge >= 0.3 is 0 Å². The number of rotatable bonds is 8. The number of Topliss-reactive ketones (excluding diaryl/α,β-unsaturated/α-hetero) is 2. The molecule has 10 rings (SSSR count). The van der Waals surface area contributed by atoms with E-state index in [9.17, 15) is 9.59 Å². The number of hydrogen-bond acceptors (Lipinski definition) is 2. The highest BCUT2D eigenvalue weighted by atomic mass is 16.1. The summed E-state index contributed by atoms with van der Waals surface area (Å²) in [6.07, 6.45) is 0. The van der Waals surface area contributed by atoms with E-state index in [1.54, 1.807) is 0 Å². The van der Waals surface area contributed by atoms with Crippen LogP contribution in [0.25, 0.3) is 44.6 Å². The molecule has 0 fully saturated rings. The molecule has 0 saturated heterocycles. The maximum atomic E-state index is 14.6. The first-order valence-electron chi connectivity index (χ1n) is 20.8. The molecule has 2 aliphatic carbocycles. The zero-order valence-corrected chi connectivity index (χ0v) is 33.8. The minimum absolute atomic E-state index is 0.0138. The van der Waals surface area contributed by atoms with Gasteiger partial charge in [-0.3, -0.25) is 9.59 Å². The molecule has 2 heteroatoms. The third-order valence-electron chi connectivity index (χ3n) is 11.5. The third kappa shape index (κ3) is 7.09. The van der Waals surface area contributed by atoms with Crippen molar-refractivity contribution in [2.45, 2.75) is 0 Å². The summed E-state index contributed by atoms with van der Waals surface area (Å²) in [5.41, 5.74) is 15.6. The smallest absolute Gasteiger partial charge is 0.195 e. The molecule has 0 heterocycles. The first-order valence-corrected chi connectivity index (χ1v) is 20.8.